The zero-order valence-corrected chi connectivity index (χ0v) is 12.4. The molecule has 0 N–H and O–H groups in total. The Morgan fingerprint density at radius 2 is 1.86 bits per heavy atom. The molecule has 2 aromatic carbocycles. The van der Waals surface area contributed by atoms with Gasteiger partial charge in [0, 0.05) is 17.9 Å². The van der Waals surface area contributed by atoms with E-state index in [0.717, 1.165) is 33.4 Å². The van der Waals surface area contributed by atoms with Crippen molar-refractivity contribution < 1.29 is 14.2 Å². The van der Waals surface area contributed by atoms with Crippen LogP contribution in [0, 0.1) is 5.21 Å². The normalized spacial score (nSPS) is 10.6. The second kappa shape index (κ2) is 6.35. The topological polar surface area (TPSA) is 45.4 Å². The largest absolute Gasteiger partial charge is 0.619 e. The summed E-state index contributed by atoms with van der Waals surface area (Å²) in [4.78, 5) is 0. The third-order valence-electron chi connectivity index (χ3n) is 3.56. The molecule has 112 valence electrons. The molecule has 0 bridgehead atoms. The Kier molecular flexibility index (Phi) is 4.10. The van der Waals surface area contributed by atoms with Crippen molar-refractivity contribution in [2.75, 3.05) is 13.7 Å². The minimum atomic E-state index is 0.581. The van der Waals surface area contributed by atoms with Gasteiger partial charge < -0.3 is 14.7 Å². The highest BCUT2D eigenvalue weighted by Gasteiger charge is 2.05. The molecule has 0 saturated heterocycles. The van der Waals surface area contributed by atoms with Crippen molar-refractivity contribution in [1.29, 1.82) is 0 Å². The molecule has 22 heavy (non-hydrogen) atoms. The Hall–Kier alpha value is -2.75. The number of benzene rings is 2. The second-order valence-electron chi connectivity index (χ2n) is 5.01. The van der Waals surface area contributed by atoms with Gasteiger partial charge in [-0.25, -0.2) is 0 Å². The number of hydrogen-bond donors (Lipinski definition) is 0. The van der Waals surface area contributed by atoms with Crippen LogP contribution in [-0.4, -0.2) is 13.7 Å². The van der Waals surface area contributed by atoms with Crippen LogP contribution >= 0.6 is 0 Å². The quantitative estimate of drug-likeness (QED) is 0.536. The smallest absolute Gasteiger partial charge is 0.188 e. The summed E-state index contributed by atoms with van der Waals surface area (Å²) in [5, 5.41) is 13.1. The van der Waals surface area contributed by atoms with Gasteiger partial charge in [0.1, 0.15) is 11.5 Å². The van der Waals surface area contributed by atoms with E-state index in [1.54, 1.807) is 19.4 Å². The van der Waals surface area contributed by atoms with E-state index in [1.165, 1.54) is 11.8 Å². The lowest BCUT2D eigenvalue weighted by atomic mass is 10.1. The summed E-state index contributed by atoms with van der Waals surface area (Å²) in [5.74, 6) is 1.65. The molecule has 0 spiro atoms. The van der Waals surface area contributed by atoms with Gasteiger partial charge in [-0.1, -0.05) is 18.2 Å². The first kappa shape index (κ1) is 14.2. The van der Waals surface area contributed by atoms with E-state index < -0.39 is 0 Å². The Morgan fingerprint density at radius 1 is 1.05 bits per heavy atom. The number of nitrogens with zero attached hydrogens (tertiary/aromatic N) is 1. The van der Waals surface area contributed by atoms with E-state index >= 15 is 0 Å². The molecule has 0 fully saturated rings. The van der Waals surface area contributed by atoms with Crippen molar-refractivity contribution in [3.8, 4) is 11.5 Å². The summed E-state index contributed by atoms with van der Waals surface area (Å²) >= 11 is 0. The van der Waals surface area contributed by atoms with Gasteiger partial charge in [0.25, 0.3) is 0 Å². The molecule has 4 heteroatoms. The number of hydrogen-bond acceptors (Lipinski definition) is 3. The highest BCUT2D eigenvalue weighted by molar-refractivity contribution is 5.86. The molecule has 0 saturated carbocycles. The van der Waals surface area contributed by atoms with E-state index in [-0.39, 0.29) is 0 Å². The maximum atomic E-state index is 11.3. The SMILES string of the molecule is COc1ccc(CCOc2cccc3c[n+]([O-])ccc23)cc1. The van der Waals surface area contributed by atoms with Crippen molar-refractivity contribution in [3.63, 3.8) is 0 Å². The summed E-state index contributed by atoms with van der Waals surface area (Å²) in [6, 6.07) is 15.5. The van der Waals surface area contributed by atoms with Gasteiger partial charge in [-0.05, 0) is 29.8 Å². The van der Waals surface area contributed by atoms with E-state index in [9.17, 15) is 5.21 Å². The monoisotopic (exact) mass is 295 g/mol. The molecule has 3 aromatic rings. The van der Waals surface area contributed by atoms with Crippen molar-refractivity contribution in [2.24, 2.45) is 0 Å². The lowest BCUT2D eigenvalue weighted by Crippen LogP contribution is -2.23. The lowest BCUT2D eigenvalue weighted by molar-refractivity contribution is -0.603. The standard InChI is InChI=1S/C18H17NO3/c1-21-16-7-5-14(6-8-16)10-12-22-18-4-2-3-15-13-19(20)11-9-17(15)18/h2-9,11,13H,10,12H2,1H3. The van der Waals surface area contributed by atoms with Crippen LogP contribution in [0.5, 0.6) is 11.5 Å². The molecule has 0 aliphatic rings. The van der Waals surface area contributed by atoms with Crippen LogP contribution in [-0.2, 0) is 6.42 Å². The average molecular weight is 295 g/mol. The second-order valence-corrected chi connectivity index (χ2v) is 5.01. The molecular formula is C18H17NO3. The first-order valence-electron chi connectivity index (χ1n) is 7.13. The van der Waals surface area contributed by atoms with E-state index in [4.69, 9.17) is 9.47 Å². The van der Waals surface area contributed by atoms with Crippen molar-refractivity contribution >= 4 is 10.8 Å². The molecule has 0 unspecified atom stereocenters. The maximum absolute atomic E-state index is 11.3. The predicted molar refractivity (Wildman–Crippen MR) is 85.1 cm³/mol. The number of ether oxygens (including phenoxy) is 2. The van der Waals surface area contributed by atoms with Gasteiger partial charge in [-0.3, -0.25) is 0 Å². The fraction of sp³-hybridized carbons (Fsp3) is 0.167. The Balaban J connectivity index is 1.68. The third-order valence-corrected chi connectivity index (χ3v) is 3.56. The van der Waals surface area contributed by atoms with Crippen molar-refractivity contribution in [1.82, 2.24) is 0 Å². The lowest BCUT2D eigenvalue weighted by Gasteiger charge is -2.09. The molecule has 1 aromatic heterocycles. The molecule has 0 aliphatic carbocycles. The molecular weight excluding hydrogens is 278 g/mol. The fourth-order valence-electron chi connectivity index (χ4n) is 2.38. The van der Waals surface area contributed by atoms with Crippen molar-refractivity contribution in [3.05, 3.63) is 71.7 Å². The van der Waals surface area contributed by atoms with Crippen LogP contribution in [0.15, 0.2) is 60.9 Å². The molecule has 4 nitrogen and oxygen atoms in total. The summed E-state index contributed by atoms with van der Waals surface area (Å²) in [5.41, 5.74) is 1.19. The van der Waals surface area contributed by atoms with Crippen molar-refractivity contribution in [2.45, 2.75) is 6.42 Å². The third kappa shape index (κ3) is 3.11. The molecule has 0 aliphatic heterocycles. The number of methoxy groups -OCH3 is 1. The first-order chi connectivity index (χ1) is 10.8. The van der Waals surface area contributed by atoms with Gasteiger partial charge in [0.05, 0.1) is 19.1 Å². The van der Waals surface area contributed by atoms with Crippen LogP contribution in [0.3, 0.4) is 0 Å². The van der Waals surface area contributed by atoms with E-state index in [1.807, 2.05) is 42.5 Å². The zero-order valence-electron chi connectivity index (χ0n) is 12.4. The summed E-state index contributed by atoms with van der Waals surface area (Å²) in [7, 11) is 1.66. The average Bonchev–Trinajstić information content (AvgIpc) is 2.55. The molecule has 0 atom stereocenters. The predicted octanol–water partition coefficient (Wildman–Crippen LogP) is 3.10. The Bertz CT molecular complexity index is 769. The molecule has 1 heterocycles. The zero-order chi connectivity index (χ0) is 15.4. The number of fused-ring (bicyclic) bond motifs is 1. The van der Waals surface area contributed by atoms with Gasteiger partial charge >= 0.3 is 0 Å². The summed E-state index contributed by atoms with van der Waals surface area (Å²) < 4.78 is 11.8. The summed E-state index contributed by atoms with van der Waals surface area (Å²) in [6.07, 6.45) is 3.85. The fourth-order valence-corrected chi connectivity index (χ4v) is 2.38. The van der Waals surface area contributed by atoms with Gasteiger partial charge in [-0.2, -0.15) is 4.73 Å². The number of aromatic nitrogens is 1. The molecule has 0 radical (unpaired) electrons. The molecule has 3 rings (SSSR count). The van der Waals surface area contributed by atoms with Crippen LogP contribution < -0.4 is 14.2 Å². The van der Waals surface area contributed by atoms with Gasteiger partial charge in [0.2, 0.25) is 0 Å². The van der Waals surface area contributed by atoms with Crippen LogP contribution in [0.2, 0.25) is 0 Å². The van der Waals surface area contributed by atoms with Crippen LogP contribution in [0.25, 0.3) is 10.8 Å². The number of pyridine rings is 1. The maximum Gasteiger partial charge on any atom is 0.188 e. The van der Waals surface area contributed by atoms with E-state index in [0.29, 0.717) is 6.61 Å². The number of rotatable bonds is 5. The highest BCUT2D eigenvalue weighted by atomic mass is 16.5. The van der Waals surface area contributed by atoms with Crippen LogP contribution in [0.1, 0.15) is 5.56 Å². The minimum Gasteiger partial charge on any atom is -0.619 e. The Morgan fingerprint density at radius 3 is 2.64 bits per heavy atom. The van der Waals surface area contributed by atoms with Gasteiger partial charge in [-0.15, -0.1) is 0 Å². The molecule has 0 amide bonds. The van der Waals surface area contributed by atoms with Gasteiger partial charge in [0.15, 0.2) is 12.4 Å². The minimum absolute atomic E-state index is 0.581. The highest BCUT2D eigenvalue weighted by Crippen LogP contribution is 2.24. The summed E-state index contributed by atoms with van der Waals surface area (Å²) in [6.45, 7) is 0.581. The van der Waals surface area contributed by atoms with Crippen LogP contribution in [0.4, 0.5) is 0 Å². The Labute approximate surface area is 129 Å². The van der Waals surface area contributed by atoms with E-state index in [2.05, 4.69) is 0 Å². The first-order valence-corrected chi connectivity index (χ1v) is 7.13.